The number of unbranched alkanes of at least 4 members (excludes halogenated alkanes) is 15. The first-order chi connectivity index (χ1) is 31.9. The van der Waals surface area contributed by atoms with Crippen LogP contribution in [0, 0.1) is 11.3 Å². The lowest BCUT2D eigenvalue weighted by Gasteiger charge is -2.27. The zero-order valence-corrected chi connectivity index (χ0v) is 40.7. The minimum absolute atomic E-state index is 0.105. The molecule has 2 saturated heterocycles. The quantitative estimate of drug-likeness (QED) is 0.0384. The van der Waals surface area contributed by atoms with E-state index >= 15 is 4.57 Å². The molecule has 3 fully saturated rings. The first kappa shape index (κ1) is 50.2. The molecule has 1 saturated carbocycles. The van der Waals surface area contributed by atoms with Gasteiger partial charge in [-0.3, -0.25) is 9.05 Å². The van der Waals surface area contributed by atoms with E-state index in [4.69, 9.17) is 54.6 Å². The predicted octanol–water partition coefficient (Wildman–Crippen LogP) is 11.4. The molecule has 1 aromatic carbocycles. The van der Waals surface area contributed by atoms with Crippen molar-refractivity contribution in [2.45, 2.75) is 178 Å². The second-order valence-corrected chi connectivity index (χ2v) is 20.4. The molecule has 3 aromatic heterocycles. The van der Waals surface area contributed by atoms with Crippen LogP contribution in [0.5, 0.6) is 5.75 Å². The monoisotopic (exact) mass is 950 g/mol. The number of hydrogen-bond donors (Lipinski definition) is 1. The first-order valence-electron chi connectivity index (χ1n) is 24.0. The van der Waals surface area contributed by atoms with Gasteiger partial charge in [-0.1, -0.05) is 133 Å². The van der Waals surface area contributed by atoms with E-state index in [1.165, 1.54) is 96.2 Å². The van der Waals surface area contributed by atoms with Gasteiger partial charge in [0.25, 0.3) is 0 Å². The third kappa shape index (κ3) is 12.1. The molecule has 7 rings (SSSR count). The molecule has 0 amide bonds. The summed E-state index contributed by atoms with van der Waals surface area (Å²) in [5.74, 6) is -0.625. The summed E-state index contributed by atoms with van der Waals surface area (Å²) in [6.45, 7) is 8.31. The van der Waals surface area contributed by atoms with Crippen molar-refractivity contribution in [2.24, 2.45) is 0 Å². The number of phosphoric ester groups is 1. The summed E-state index contributed by atoms with van der Waals surface area (Å²) in [5, 5.41) is 13.9. The molecule has 360 valence electrons. The summed E-state index contributed by atoms with van der Waals surface area (Å²) >= 11 is 6.54. The number of aromatic nitrogens is 4. The number of halogens is 1. The number of nitriles is 1. The number of ether oxygens (including phenoxy) is 5. The predicted molar refractivity (Wildman–Crippen MR) is 251 cm³/mol. The average molecular weight is 952 g/mol. The molecule has 2 aliphatic heterocycles. The lowest BCUT2D eigenvalue weighted by Crippen LogP contribution is -2.33. The fraction of sp³-hybridized carbons (Fsp3) is 0.633. The average Bonchev–Trinajstić information content (AvgIpc) is 3.69. The van der Waals surface area contributed by atoms with E-state index < -0.39 is 49.2 Å². The Morgan fingerprint density at radius 2 is 1.56 bits per heavy atom. The second-order valence-electron chi connectivity index (χ2n) is 18.4. The van der Waals surface area contributed by atoms with Crippen LogP contribution in [-0.2, 0) is 43.9 Å². The number of anilines is 1. The summed E-state index contributed by atoms with van der Waals surface area (Å²) in [6.07, 6.45) is 20.6. The van der Waals surface area contributed by atoms with E-state index in [1.54, 1.807) is 47.1 Å². The third-order valence-electron chi connectivity index (χ3n) is 12.9. The van der Waals surface area contributed by atoms with Gasteiger partial charge in [-0.15, -0.1) is 0 Å². The van der Waals surface area contributed by atoms with Gasteiger partial charge < -0.3 is 33.9 Å². The molecule has 2 N–H and O–H groups in total. The van der Waals surface area contributed by atoms with Crippen molar-refractivity contribution in [3.63, 3.8) is 0 Å². The molecule has 1 spiro atoms. The Labute approximate surface area is 394 Å². The maximum atomic E-state index is 15.1. The number of phosphoric acid groups is 1. The van der Waals surface area contributed by atoms with Crippen LogP contribution in [0.15, 0.2) is 61.1 Å². The van der Waals surface area contributed by atoms with Crippen molar-refractivity contribution in [3.05, 3.63) is 83.0 Å². The fourth-order valence-electron chi connectivity index (χ4n) is 9.29. The molecule has 7 atom stereocenters. The van der Waals surface area contributed by atoms with Crippen LogP contribution < -0.4 is 10.3 Å². The molecule has 4 aromatic rings. The van der Waals surface area contributed by atoms with Gasteiger partial charge in [0.05, 0.1) is 30.5 Å². The maximum absolute atomic E-state index is 15.1. The number of rotatable bonds is 30. The number of nitrogens with two attached hydrogens (primary N) is 1. The van der Waals surface area contributed by atoms with Crippen molar-refractivity contribution < 1.29 is 41.8 Å². The van der Waals surface area contributed by atoms with E-state index in [0.717, 1.165) is 18.4 Å². The van der Waals surface area contributed by atoms with Gasteiger partial charge >= 0.3 is 7.82 Å². The van der Waals surface area contributed by atoms with Gasteiger partial charge in [-0.05, 0) is 63.1 Å². The SMILES string of the molecule is CCCCCCCCCCCCCCCCCCOC[C@H](COP(=O)(Oc1ccccc1Cl)OC1[C@@]2(C)O[C@@H](c3ccc4c(N)ncnn34)[C@@H]3OC(C)(C)O[C@@]132)OCc1ccc(C#N)nc1. The lowest BCUT2D eigenvalue weighted by atomic mass is 10.0. The third-order valence-corrected chi connectivity index (χ3v) is 14.5. The number of nitrogen functional groups attached to an aromatic ring is 1. The molecule has 1 aliphatic carbocycles. The van der Waals surface area contributed by atoms with Crippen molar-refractivity contribution in [3.8, 4) is 11.8 Å². The van der Waals surface area contributed by atoms with Gasteiger partial charge in [0.2, 0.25) is 0 Å². The smallest absolute Gasteiger partial charge is 0.402 e. The van der Waals surface area contributed by atoms with E-state index in [2.05, 4.69) is 22.0 Å². The molecule has 5 heterocycles. The standard InChI is InChI=1S/C49H68ClN6O9P/c1-5-6-7-8-9-10-11-12-13-14-15-16-17-18-19-22-29-58-33-38(59-32-36-25-26-37(30-51)53-31-36)34-60-66(57,63-42-24-21-20-23-39(42)50)64-46-48(4)49(46)44(62-47(2,3)65-49)43(61-48)40-27-28-41-45(52)54-35-55-56(40)41/h20-21,23-28,31,35,38,43-44,46H,5-19,22,29,32-34H2,1-4H3,(H2,52,54,55)/t38-,43+,44+,46?,48-,49-,66?/m1/s1. The summed E-state index contributed by atoms with van der Waals surface area (Å²) in [5.41, 5.74) is 6.13. The van der Waals surface area contributed by atoms with Crippen LogP contribution in [0.1, 0.15) is 153 Å². The number of para-hydroxylation sites is 1. The Balaban J connectivity index is 0.955. The molecule has 17 heteroatoms. The van der Waals surface area contributed by atoms with Gasteiger partial charge in [-0.25, -0.2) is 19.0 Å². The normalized spacial score (nSPS) is 24.2. The van der Waals surface area contributed by atoms with Crippen LogP contribution >= 0.6 is 19.4 Å². The fourth-order valence-corrected chi connectivity index (χ4v) is 11.0. The molecule has 15 nitrogen and oxygen atoms in total. The largest absolute Gasteiger partial charge is 0.530 e. The Bertz CT molecular complexity index is 2260. The summed E-state index contributed by atoms with van der Waals surface area (Å²) in [7, 11) is -4.55. The summed E-state index contributed by atoms with van der Waals surface area (Å²) < 4.78 is 67.8. The minimum atomic E-state index is -4.55. The Hall–Kier alpha value is -3.68. The number of benzene rings is 1. The maximum Gasteiger partial charge on any atom is 0.530 e. The molecule has 0 bridgehead atoms. The number of hydrogen-bond acceptors (Lipinski definition) is 14. The highest BCUT2D eigenvalue weighted by atomic mass is 35.5. The summed E-state index contributed by atoms with van der Waals surface area (Å²) in [6, 6.07) is 15.8. The highest BCUT2D eigenvalue weighted by molar-refractivity contribution is 7.49. The van der Waals surface area contributed by atoms with Gasteiger partial charge in [0, 0.05) is 12.8 Å². The topological polar surface area (TPSA) is 184 Å². The highest BCUT2D eigenvalue weighted by Gasteiger charge is 2.92. The highest BCUT2D eigenvalue weighted by Crippen LogP contribution is 2.74. The van der Waals surface area contributed by atoms with Crippen LogP contribution in [0.3, 0.4) is 0 Å². The Morgan fingerprint density at radius 3 is 2.21 bits per heavy atom. The first-order valence-corrected chi connectivity index (χ1v) is 25.8. The van der Waals surface area contributed by atoms with E-state index in [0.29, 0.717) is 29.3 Å². The van der Waals surface area contributed by atoms with Gasteiger partial charge in [-0.2, -0.15) is 10.4 Å². The van der Waals surface area contributed by atoms with Gasteiger partial charge in [0.15, 0.2) is 17.2 Å². The summed E-state index contributed by atoms with van der Waals surface area (Å²) in [4.78, 5) is 8.28. The molecule has 66 heavy (non-hydrogen) atoms. The molecule has 2 unspecified atom stereocenters. The Morgan fingerprint density at radius 1 is 0.879 bits per heavy atom. The van der Waals surface area contributed by atoms with E-state index in [9.17, 15) is 5.26 Å². The van der Waals surface area contributed by atoms with E-state index in [1.807, 2.05) is 39.0 Å². The minimum Gasteiger partial charge on any atom is -0.402 e. The van der Waals surface area contributed by atoms with E-state index in [-0.39, 0.29) is 30.6 Å². The van der Waals surface area contributed by atoms with Crippen LogP contribution in [0.2, 0.25) is 5.02 Å². The molecular weight excluding hydrogens is 883 g/mol. The lowest BCUT2D eigenvalue weighted by molar-refractivity contribution is -0.186. The van der Waals surface area contributed by atoms with Crippen LogP contribution in [0.25, 0.3) is 5.52 Å². The number of pyridine rings is 1. The van der Waals surface area contributed by atoms with Crippen LogP contribution in [-0.4, -0.2) is 74.7 Å². The van der Waals surface area contributed by atoms with Gasteiger partial charge in [0.1, 0.15) is 59.4 Å². The molecular formula is C49H68ClN6O9P. The van der Waals surface area contributed by atoms with Crippen molar-refractivity contribution in [1.82, 2.24) is 19.6 Å². The molecule has 0 radical (unpaired) electrons. The number of nitrogens with zero attached hydrogens (tertiary/aromatic N) is 5. The van der Waals surface area contributed by atoms with Crippen LogP contribution in [0.4, 0.5) is 5.82 Å². The van der Waals surface area contributed by atoms with Crippen molar-refractivity contribution >= 4 is 30.8 Å². The number of fused-ring (bicyclic) bond motifs is 1. The Kier molecular flexibility index (Phi) is 17.6. The van der Waals surface area contributed by atoms with Crippen molar-refractivity contribution in [1.29, 1.82) is 5.26 Å². The van der Waals surface area contributed by atoms with Crippen molar-refractivity contribution in [2.75, 3.05) is 25.6 Å². The molecule has 3 aliphatic rings. The second kappa shape index (κ2) is 23.1. The zero-order valence-electron chi connectivity index (χ0n) is 39.0. The zero-order chi connectivity index (χ0) is 46.6.